The van der Waals surface area contributed by atoms with Crippen molar-refractivity contribution < 1.29 is 4.74 Å². The number of fused-ring (bicyclic) bond motifs is 10. The average Bonchev–Trinajstić information content (AvgIpc) is 3.34. The lowest BCUT2D eigenvalue weighted by atomic mass is 9.67. The lowest BCUT2D eigenvalue weighted by Gasteiger charge is -2.40. The van der Waals surface area contributed by atoms with E-state index in [-0.39, 0.29) is 5.41 Å². The SMILES string of the molecule is CN(C)c1ccc(C2(C3=C=C=CC=C3)C=Cc3c4c(c5ccccc5c3O2)-c2ccccc2C42CCCCCCC2)cc1. The number of ether oxygens (including phenoxy) is 1. The van der Waals surface area contributed by atoms with Gasteiger partial charge in [0, 0.05) is 41.7 Å². The van der Waals surface area contributed by atoms with E-state index in [0.717, 1.165) is 22.6 Å². The summed E-state index contributed by atoms with van der Waals surface area (Å²) in [5, 5.41) is 2.46. The number of hydrogen-bond donors (Lipinski definition) is 0. The predicted octanol–water partition coefficient (Wildman–Crippen LogP) is 10.0. The van der Waals surface area contributed by atoms with Crippen LogP contribution >= 0.6 is 0 Å². The molecular formula is C41H37NO. The van der Waals surface area contributed by atoms with Crippen molar-refractivity contribution in [1.82, 2.24) is 0 Å². The minimum atomic E-state index is -0.813. The van der Waals surface area contributed by atoms with E-state index >= 15 is 0 Å². The summed E-state index contributed by atoms with van der Waals surface area (Å²) in [7, 11) is 4.15. The highest BCUT2D eigenvalue weighted by Gasteiger charge is 2.48. The molecule has 2 nitrogen and oxygen atoms in total. The Morgan fingerprint density at radius 2 is 1.49 bits per heavy atom. The van der Waals surface area contributed by atoms with E-state index in [1.165, 1.54) is 83.5 Å². The number of benzene rings is 4. The van der Waals surface area contributed by atoms with E-state index in [0.29, 0.717) is 0 Å². The van der Waals surface area contributed by atoms with Crippen LogP contribution in [0.5, 0.6) is 5.75 Å². The Hall–Kier alpha value is -4.48. The maximum atomic E-state index is 7.47. The Morgan fingerprint density at radius 1 is 0.767 bits per heavy atom. The molecule has 0 bridgehead atoms. The summed E-state index contributed by atoms with van der Waals surface area (Å²) >= 11 is 0. The topological polar surface area (TPSA) is 12.5 Å². The molecule has 0 saturated heterocycles. The molecule has 43 heavy (non-hydrogen) atoms. The number of anilines is 1. The third-order valence-electron chi connectivity index (χ3n) is 10.2. The molecule has 0 radical (unpaired) electrons. The van der Waals surface area contributed by atoms with Crippen molar-refractivity contribution in [2.75, 3.05) is 19.0 Å². The molecule has 0 amide bonds. The van der Waals surface area contributed by atoms with Gasteiger partial charge in [0.05, 0.1) is 5.57 Å². The molecule has 1 atom stereocenters. The zero-order valence-corrected chi connectivity index (χ0v) is 25.1. The third kappa shape index (κ3) is 3.88. The molecular weight excluding hydrogens is 522 g/mol. The zero-order chi connectivity index (χ0) is 29.0. The van der Waals surface area contributed by atoms with Crippen LogP contribution < -0.4 is 9.64 Å². The van der Waals surface area contributed by atoms with E-state index in [9.17, 15) is 0 Å². The fraction of sp³-hybridized carbons (Fsp3) is 0.268. The second-order valence-electron chi connectivity index (χ2n) is 12.8. The van der Waals surface area contributed by atoms with Crippen LogP contribution in [0.1, 0.15) is 67.2 Å². The lowest BCUT2D eigenvalue weighted by molar-refractivity contribution is 0.162. The smallest absolute Gasteiger partial charge is 0.185 e. The van der Waals surface area contributed by atoms with Gasteiger partial charge in [-0.15, -0.1) is 0 Å². The highest BCUT2D eigenvalue weighted by molar-refractivity contribution is 6.08. The van der Waals surface area contributed by atoms with Gasteiger partial charge in [0.15, 0.2) is 5.60 Å². The molecule has 1 heterocycles. The van der Waals surface area contributed by atoms with Crippen LogP contribution in [0, 0.1) is 0 Å². The van der Waals surface area contributed by atoms with Crippen molar-refractivity contribution >= 4 is 22.5 Å². The van der Waals surface area contributed by atoms with E-state index in [1.54, 1.807) is 0 Å². The first-order chi connectivity index (χ1) is 21.1. The number of allylic oxidation sites excluding steroid dienone is 2. The van der Waals surface area contributed by atoms with Crippen LogP contribution in [0.15, 0.2) is 114 Å². The van der Waals surface area contributed by atoms with Crippen molar-refractivity contribution in [2.24, 2.45) is 0 Å². The van der Waals surface area contributed by atoms with Crippen LogP contribution in [-0.4, -0.2) is 14.1 Å². The van der Waals surface area contributed by atoms with Gasteiger partial charge in [-0.3, -0.25) is 0 Å². The predicted molar refractivity (Wildman–Crippen MR) is 179 cm³/mol. The molecule has 4 aromatic carbocycles. The van der Waals surface area contributed by atoms with Gasteiger partial charge >= 0.3 is 0 Å². The van der Waals surface area contributed by atoms with E-state index in [1.807, 2.05) is 12.2 Å². The summed E-state index contributed by atoms with van der Waals surface area (Å²) in [5.74, 6) is 0.986. The molecule has 1 spiro atoms. The van der Waals surface area contributed by atoms with Gasteiger partial charge < -0.3 is 9.64 Å². The first-order valence-corrected chi connectivity index (χ1v) is 15.9. The second-order valence-corrected chi connectivity index (χ2v) is 12.8. The molecule has 1 aliphatic heterocycles. The fourth-order valence-electron chi connectivity index (χ4n) is 8.18. The van der Waals surface area contributed by atoms with Gasteiger partial charge in [-0.05, 0) is 70.8 Å². The Bertz CT molecular complexity index is 1920. The molecule has 0 N–H and O–H groups in total. The quantitative estimate of drug-likeness (QED) is 0.232. The minimum absolute atomic E-state index is 0.00811. The number of rotatable bonds is 3. The summed E-state index contributed by atoms with van der Waals surface area (Å²) < 4.78 is 7.47. The van der Waals surface area contributed by atoms with Crippen molar-refractivity contribution in [2.45, 2.75) is 56.0 Å². The largest absolute Gasteiger partial charge is 0.472 e. The normalized spacial score (nSPS) is 21.0. The minimum Gasteiger partial charge on any atom is -0.472 e. The molecule has 1 fully saturated rings. The van der Waals surface area contributed by atoms with Crippen LogP contribution in [0.25, 0.3) is 28.0 Å². The first kappa shape index (κ1) is 26.2. The molecule has 0 aromatic heterocycles. The summed E-state index contributed by atoms with van der Waals surface area (Å²) in [4.78, 5) is 2.13. The monoisotopic (exact) mass is 559 g/mol. The summed E-state index contributed by atoms with van der Waals surface area (Å²) in [6.45, 7) is 0. The highest BCUT2D eigenvalue weighted by atomic mass is 16.5. The third-order valence-corrected chi connectivity index (χ3v) is 10.2. The van der Waals surface area contributed by atoms with Crippen LogP contribution in [0.3, 0.4) is 0 Å². The van der Waals surface area contributed by atoms with Crippen molar-refractivity contribution in [3.05, 3.63) is 136 Å². The van der Waals surface area contributed by atoms with E-state index in [4.69, 9.17) is 4.74 Å². The van der Waals surface area contributed by atoms with Gasteiger partial charge in [0.2, 0.25) is 0 Å². The molecule has 212 valence electrons. The Balaban J connectivity index is 1.42. The Kier molecular flexibility index (Phi) is 6.12. The fourth-order valence-corrected chi connectivity index (χ4v) is 8.18. The van der Waals surface area contributed by atoms with E-state index in [2.05, 4.69) is 121 Å². The van der Waals surface area contributed by atoms with E-state index < -0.39 is 5.60 Å². The maximum Gasteiger partial charge on any atom is 0.185 e. The van der Waals surface area contributed by atoms with Crippen LogP contribution in [-0.2, 0) is 11.0 Å². The molecule has 4 aromatic rings. The van der Waals surface area contributed by atoms with Crippen LogP contribution in [0.4, 0.5) is 5.69 Å². The standard InChI is InChI=1S/C41H37NO/c1-42(2)31-23-21-30(22-24-31)41(29-15-7-6-8-16-29)28-25-35-38-37(32-17-9-10-18-33(32)39(35)43-41)34-19-11-12-20-36(34)40(38)26-13-4-3-5-14-27-40/h6-7,9-12,15,17-25,28H,3-5,13-14,26-27H2,1-2H3. The van der Waals surface area contributed by atoms with Gasteiger partial charge in [0.25, 0.3) is 0 Å². The zero-order valence-electron chi connectivity index (χ0n) is 25.1. The van der Waals surface area contributed by atoms with Crippen LogP contribution in [0.2, 0.25) is 0 Å². The Morgan fingerprint density at radius 3 is 2.23 bits per heavy atom. The summed E-state index contributed by atoms with van der Waals surface area (Å²) in [6, 6.07) is 26.9. The molecule has 1 saturated carbocycles. The van der Waals surface area contributed by atoms with Gasteiger partial charge in [-0.2, -0.15) is 0 Å². The molecule has 8 rings (SSSR count). The average molecular weight is 560 g/mol. The van der Waals surface area contributed by atoms with Crippen molar-refractivity contribution in [1.29, 1.82) is 0 Å². The lowest BCUT2D eigenvalue weighted by Crippen LogP contribution is -2.36. The van der Waals surface area contributed by atoms with Crippen molar-refractivity contribution in [3.8, 4) is 16.9 Å². The number of hydrogen-bond acceptors (Lipinski definition) is 2. The summed E-state index contributed by atoms with van der Waals surface area (Å²) in [5.41, 5.74) is 16.1. The Labute approximate surface area is 255 Å². The van der Waals surface area contributed by atoms with Gasteiger partial charge in [-0.25, -0.2) is 0 Å². The first-order valence-electron chi connectivity index (χ1n) is 15.9. The molecule has 2 heteroatoms. The molecule has 3 aliphatic carbocycles. The summed E-state index contributed by atoms with van der Waals surface area (Å²) in [6.07, 6.45) is 19.6. The maximum absolute atomic E-state index is 7.47. The van der Waals surface area contributed by atoms with Gasteiger partial charge in [-0.1, -0.05) is 116 Å². The van der Waals surface area contributed by atoms with Gasteiger partial charge in [0.1, 0.15) is 5.75 Å². The van der Waals surface area contributed by atoms with Crippen molar-refractivity contribution in [3.63, 3.8) is 0 Å². The molecule has 4 aliphatic rings. The second kappa shape index (κ2) is 10.1. The molecule has 1 unspecified atom stereocenters. The number of nitrogens with zero attached hydrogens (tertiary/aromatic N) is 1. The highest BCUT2D eigenvalue weighted by Crippen LogP contribution is 2.61.